The number of ether oxygens (including phenoxy) is 2. The minimum Gasteiger partial charge on any atom is -0.488 e. The van der Waals surface area contributed by atoms with Crippen LogP contribution in [0.5, 0.6) is 11.5 Å². The molecule has 0 amide bonds. The van der Waals surface area contributed by atoms with Gasteiger partial charge in [0.15, 0.2) is 0 Å². The molecule has 0 fully saturated rings. The summed E-state index contributed by atoms with van der Waals surface area (Å²) in [6.07, 6.45) is 8.31. The summed E-state index contributed by atoms with van der Waals surface area (Å²) in [6.45, 7) is 9.68. The highest BCUT2D eigenvalue weighted by Gasteiger charge is 2.21. The minimum atomic E-state index is 0.447. The van der Waals surface area contributed by atoms with Gasteiger partial charge in [0.1, 0.15) is 24.7 Å². The van der Waals surface area contributed by atoms with Gasteiger partial charge in [0.25, 0.3) is 0 Å². The molecular weight excluding hydrogens is 617 g/mol. The molecule has 6 aliphatic heterocycles. The second-order valence-electron chi connectivity index (χ2n) is 13.2. The Labute approximate surface area is 290 Å². The van der Waals surface area contributed by atoms with Crippen LogP contribution in [0.1, 0.15) is 56.2 Å². The van der Waals surface area contributed by atoms with Crippen molar-refractivity contribution in [3.05, 3.63) is 141 Å². The number of hydrogen-bond acceptors (Lipinski definition) is 4. The van der Waals surface area contributed by atoms with Crippen LogP contribution in [0.3, 0.4) is 0 Å². The third-order valence-electron chi connectivity index (χ3n) is 10.4. The Morgan fingerprint density at radius 3 is 1.36 bits per heavy atom. The molecule has 6 nitrogen and oxygen atoms in total. The Balaban J connectivity index is 1.42. The number of H-pyrrole nitrogens is 2. The van der Waals surface area contributed by atoms with Gasteiger partial charge in [-0.25, -0.2) is 9.97 Å². The lowest BCUT2D eigenvalue weighted by atomic mass is 9.89. The van der Waals surface area contributed by atoms with Crippen molar-refractivity contribution in [3.8, 4) is 33.8 Å². The summed E-state index contributed by atoms with van der Waals surface area (Å²) in [4.78, 5) is 17.7. The van der Waals surface area contributed by atoms with E-state index < -0.39 is 0 Å². The fourth-order valence-corrected chi connectivity index (χ4v) is 7.44. The highest BCUT2D eigenvalue weighted by Crippen LogP contribution is 2.40. The quantitative estimate of drug-likeness (QED) is 0.171. The summed E-state index contributed by atoms with van der Waals surface area (Å²) in [5.74, 6) is 1.60. The smallest absolute Gasteiger partial charge is 0.127 e. The predicted molar refractivity (Wildman–Crippen MR) is 204 cm³/mol. The molecule has 3 aromatic heterocycles. The van der Waals surface area contributed by atoms with E-state index in [4.69, 9.17) is 19.4 Å². The van der Waals surface area contributed by atoms with Crippen LogP contribution in [-0.4, -0.2) is 19.9 Å². The zero-order chi connectivity index (χ0) is 33.9. The highest BCUT2D eigenvalue weighted by molar-refractivity contribution is 5.95. The van der Waals surface area contributed by atoms with Crippen molar-refractivity contribution in [1.82, 2.24) is 19.9 Å². The van der Waals surface area contributed by atoms with Crippen molar-refractivity contribution in [3.63, 3.8) is 0 Å². The Hall–Kier alpha value is -6.14. The molecule has 50 heavy (non-hydrogen) atoms. The van der Waals surface area contributed by atoms with Crippen LogP contribution in [0, 0.1) is 27.7 Å². The number of nitrogens with zero attached hydrogens (tertiary/aromatic N) is 2. The van der Waals surface area contributed by atoms with Crippen molar-refractivity contribution in [2.45, 2.75) is 40.9 Å². The summed E-state index contributed by atoms with van der Waals surface area (Å²) in [5.41, 5.74) is 18.4. The Morgan fingerprint density at radius 2 is 0.920 bits per heavy atom. The summed E-state index contributed by atoms with van der Waals surface area (Å²) in [7, 11) is 0. The van der Waals surface area contributed by atoms with Crippen molar-refractivity contribution in [2.75, 3.05) is 0 Å². The molecule has 0 spiro atoms. The van der Waals surface area contributed by atoms with Crippen LogP contribution in [-0.2, 0) is 13.2 Å². The first-order valence-corrected chi connectivity index (χ1v) is 17.0. The van der Waals surface area contributed by atoms with Gasteiger partial charge in [-0.2, -0.15) is 0 Å². The summed E-state index contributed by atoms with van der Waals surface area (Å²) in [5, 5.41) is 0. The second kappa shape index (κ2) is 11.8. The van der Waals surface area contributed by atoms with Gasteiger partial charge in [0, 0.05) is 44.3 Å². The number of hydrogen-bond donors (Lipinski definition) is 2. The molecule has 0 atom stereocenters. The van der Waals surface area contributed by atoms with Crippen LogP contribution >= 0.6 is 0 Å². The Kier molecular flexibility index (Phi) is 7.06. The van der Waals surface area contributed by atoms with Gasteiger partial charge in [0.05, 0.1) is 22.8 Å². The number of para-hydroxylation sites is 2. The summed E-state index contributed by atoms with van der Waals surface area (Å²) in [6, 6.07) is 29.1. The SMILES string of the molecule is Cc1c(C)c2c(C)c(C)c1COc1ccccc1-c1c3nc(cc4ccc([nH]4)c(c4nc(cc5ccc1[nH]5)C=C4)-c1ccccc1OC2)C=C3. The van der Waals surface area contributed by atoms with Crippen molar-refractivity contribution in [2.24, 2.45) is 0 Å². The fraction of sp³-hybridized carbons (Fsp3) is 0.136. The van der Waals surface area contributed by atoms with E-state index in [0.29, 0.717) is 13.2 Å². The molecule has 0 radical (unpaired) electrons. The van der Waals surface area contributed by atoms with Gasteiger partial charge in [-0.05, 0) is 134 Å². The Morgan fingerprint density at radius 1 is 0.500 bits per heavy atom. The minimum absolute atomic E-state index is 0.447. The molecule has 9 heterocycles. The van der Waals surface area contributed by atoms with Crippen molar-refractivity contribution < 1.29 is 9.47 Å². The van der Waals surface area contributed by atoms with Crippen LogP contribution in [0.4, 0.5) is 0 Å². The van der Waals surface area contributed by atoms with Crippen LogP contribution in [0.15, 0.2) is 84.9 Å². The van der Waals surface area contributed by atoms with Gasteiger partial charge < -0.3 is 19.4 Å². The van der Waals surface area contributed by atoms with E-state index in [2.05, 4.69) is 135 Å². The van der Waals surface area contributed by atoms with E-state index in [9.17, 15) is 0 Å². The molecule has 244 valence electrons. The molecule has 3 aromatic carbocycles. The van der Waals surface area contributed by atoms with Crippen LogP contribution in [0.25, 0.3) is 68.6 Å². The van der Waals surface area contributed by atoms with Gasteiger partial charge in [-0.1, -0.05) is 36.4 Å². The zero-order valence-electron chi connectivity index (χ0n) is 28.5. The van der Waals surface area contributed by atoms with Gasteiger partial charge >= 0.3 is 0 Å². The molecule has 12 bridgehead atoms. The second-order valence-corrected chi connectivity index (χ2v) is 13.2. The fourth-order valence-electron chi connectivity index (χ4n) is 7.44. The van der Waals surface area contributed by atoms with Crippen molar-refractivity contribution in [1.29, 1.82) is 0 Å². The average Bonchev–Trinajstić information content (AvgIpc) is 3.95. The summed E-state index contributed by atoms with van der Waals surface area (Å²) < 4.78 is 13.5. The zero-order valence-corrected chi connectivity index (χ0v) is 28.5. The molecule has 6 heteroatoms. The number of aromatic nitrogens is 4. The molecule has 0 saturated heterocycles. The predicted octanol–water partition coefficient (Wildman–Crippen LogP) is 10.7. The van der Waals surface area contributed by atoms with E-state index in [-0.39, 0.29) is 0 Å². The number of nitrogens with one attached hydrogen (secondary N) is 2. The lowest BCUT2D eigenvalue weighted by Gasteiger charge is -2.22. The number of aromatic amines is 2. The largest absolute Gasteiger partial charge is 0.488 e. The molecule has 0 aliphatic carbocycles. The van der Waals surface area contributed by atoms with E-state index in [1.165, 1.54) is 33.4 Å². The maximum absolute atomic E-state index is 6.77. The maximum atomic E-state index is 6.77. The summed E-state index contributed by atoms with van der Waals surface area (Å²) >= 11 is 0. The third kappa shape index (κ3) is 5.03. The van der Waals surface area contributed by atoms with Gasteiger partial charge in [-0.3, -0.25) is 0 Å². The highest BCUT2D eigenvalue weighted by atomic mass is 16.5. The van der Waals surface area contributed by atoms with Gasteiger partial charge in [-0.15, -0.1) is 0 Å². The molecular formula is C44H36N4O2. The average molecular weight is 653 g/mol. The topological polar surface area (TPSA) is 75.8 Å². The molecule has 0 saturated carbocycles. The monoisotopic (exact) mass is 652 g/mol. The first-order chi connectivity index (χ1) is 24.4. The normalized spacial score (nSPS) is 13.2. The lowest BCUT2D eigenvalue weighted by molar-refractivity contribution is 0.301. The van der Waals surface area contributed by atoms with Crippen LogP contribution in [0.2, 0.25) is 0 Å². The molecule has 0 unspecified atom stereocenters. The van der Waals surface area contributed by atoms with E-state index in [1.54, 1.807) is 0 Å². The molecule has 2 N–H and O–H groups in total. The maximum Gasteiger partial charge on any atom is 0.127 e. The standard InChI is InChI=1S/C44H36N4O2/c1-25-26(2)36-24-50-42-12-8-6-10-34(42)44-39-19-15-31(47-39)21-29-13-17-37(45-29)43(38-18-14-30(46-38)22-32-16-20-40(44)48-32)33-9-5-7-11-41(33)49-23-35(25)27(3)28(36)4/h5-22,45,48H,23-24H2,1-4H3. The molecule has 12 rings (SSSR count). The van der Waals surface area contributed by atoms with Gasteiger partial charge in [0.2, 0.25) is 0 Å². The first-order valence-electron chi connectivity index (χ1n) is 17.0. The van der Waals surface area contributed by atoms with Crippen LogP contribution < -0.4 is 9.47 Å². The number of benzene rings is 3. The van der Waals surface area contributed by atoms with E-state index >= 15 is 0 Å². The molecule has 6 aliphatic rings. The lowest BCUT2D eigenvalue weighted by Crippen LogP contribution is -2.10. The Bertz CT molecular complexity index is 2390. The van der Waals surface area contributed by atoms with E-state index in [0.717, 1.165) is 78.6 Å². The number of rotatable bonds is 0. The first kappa shape index (κ1) is 30.0. The van der Waals surface area contributed by atoms with E-state index in [1.807, 2.05) is 12.1 Å². The molecule has 6 aromatic rings. The van der Waals surface area contributed by atoms with Crippen molar-refractivity contribution >= 4 is 46.4 Å². The third-order valence-corrected chi connectivity index (χ3v) is 10.4.